The van der Waals surface area contributed by atoms with Gasteiger partial charge in [0.25, 0.3) is 0 Å². The molecule has 3 aromatic rings. The number of halogens is 1. The van der Waals surface area contributed by atoms with Gasteiger partial charge in [-0.05, 0) is 43.4 Å². The van der Waals surface area contributed by atoms with Gasteiger partial charge in [-0.15, -0.1) is 0 Å². The number of likely N-dealkylation sites (N-methyl/N-ethyl adjacent to an activating group) is 1. The normalized spacial score (nSPS) is 14.4. The van der Waals surface area contributed by atoms with Crippen molar-refractivity contribution in [3.63, 3.8) is 0 Å². The number of piperazine rings is 1. The third-order valence-corrected chi connectivity index (χ3v) is 5.08. The molecule has 0 bridgehead atoms. The number of rotatable bonds is 6. The number of hydrogen-bond donors (Lipinski definition) is 1. The van der Waals surface area contributed by atoms with E-state index in [-0.39, 0.29) is 5.75 Å². The SMILES string of the molecule is COc1cc(Nc2ccc(Oc3cccc(N4CCN(C)CC4)c3)cn2)ccc1F. The third-order valence-electron chi connectivity index (χ3n) is 5.08. The predicted octanol–water partition coefficient (Wildman–Crippen LogP) is 4.52. The molecule has 30 heavy (non-hydrogen) atoms. The first-order valence-corrected chi connectivity index (χ1v) is 9.89. The molecule has 1 aliphatic heterocycles. The largest absolute Gasteiger partial charge is 0.494 e. The van der Waals surface area contributed by atoms with Crippen LogP contribution >= 0.6 is 0 Å². The molecular weight excluding hydrogens is 383 g/mol. The highest BCUT2D eigenvalue weighted by Crippen LogP contribution is 2.28. The van der Waals surface area contributed by atoms with Crippen molar-refractivity contribution in [3.8, 4) is 17.2 Å². The van der Waals surface area contributed by atoms with E-state index in [4.69, 9.17) is 9.47 Å². The maximum Gasteiger partial charge on any atom is 0.165 e. The monoisotopic (exact) mass is 408 g/mol. The number of aromatic nitrogens is 1. The molecule has 1 N–H and O–H groups in total. The molecule has 0 atom stereocenters. The van der Waals surface area contributed by atoms with Crippen molar-refractivity contribution in [3.05, 3.63) is 66.6 Å². The molecule has 0 amide bonds. The Morgan fingerprint density at radius 2 is 1.80 bits per heavy atom. The molecule has 0 saturated carbocycles. The number of nitrogens with one attached hydrogen (secondary N) is 1. The Bertz CT molecular complexity index is 989. The van der Waals surface area contributed by atoms with Crippen LogP contribution in [0, 0.1) is 5.82 Å². The second-order valence-electron chi connectivity index (χ2n) is 7.24. The van der Waals surface area contributed by atoms with Gasteiger partial charge in [-0.25, -0.2) is 9.37 Å². The molecule has 1 aromatic heterocycles. The molecule has 0 radical (unpaired) electrons. The van der Waals surface area contributed by atoms with Gasteiger partial charge in [0.15, 0.2) is 11.6 Å². The summed E-state index contributed by atoms with van der Waals surface area (Å²) in [6.45, 7) is 4.14. The summed E-state index contributed by atoms with van der Waals surface area (Å²) >= 11 is 0. The first-order chi connectivity index (χ1) is 14.6. The lowest BCUT2D eigenvalue weighted by molar-refractivity contribution is 0.313. The van der Waals surface area contributed by atoms with Crippen LogP contribution < -0.4 is 19.7 Å². The van der Waals surface area contributed by atoms with Crippen molar-refractivity contribution < 1.29 is 13.9 Å². The molecule has 0 unspecified atom stereocenters. The smallest absolute Gasteiger partial charge is 0.165 e. The molecule has 2 aromatic carbocycles. The van der Waals surface area contributed by atoms with Gasteiger partial charge in [-0.2, -0.15) is 0 Å². The molecule has 1 saturated heterocycles. The minimum absolute atomic E-state index is 0.181. The van der Waals surface area contributed by atoms with Crippen LogP contribution in [0.1, 0.15) is 0 Å². The predicted molar refractivity (Wildman–Crippen MR) is 117 cm³/mol. The number of anilines is 3. The first-order valence-electron chi connectivity index (χ1n) is 9.89. The van der Waals surface area contributed by atoms with Crippen molar-refractivity contribution >= 4 is 17.2 Å². The van der Waals surface area contributed by atoms with E-state index in [0.29, 0.717) is 17.3 Å². The molecule has 4 rings (SSSR count). The highest BCUT2D eigenvalue weighted by Gasteiger charge is 2.14. The van der Waals surface area contributed by atoms with E-state index in [1.807, 2.05) is 24.3 Å². The number of pyridine rings is 1. The minimum Gasteiger partial charge on any atom is -0.494 e. The van der Waals surface area contributed by atoms with E-state index >= 15 is 0 Å². The van der Waals surface area contributed by atoms with Crippen LogP contribution in [-0.2, 0) is 0 Å². The molecule has 156 valence electrons. The van der Waals surface area contributed by atoms with Gasteiger partial charge in [0.05, 0.1) is 13.3 Å². The minimum atomic E-state index is -0.404. The summed E-state index contributed by atoms with van der Waals surface area (Å²) < 4.78 is 24.5. The Morgan fingerprint density at radius 1 is 0.967 bits per heavy atom. The third kappa shape index (κ3) is 4.80. The maximum absolute atomic E-state index is 13.5. The van der Waals surface area contributed by atoms with Gasteiger partial charge >= 0.3 is 0 Å². The lowest BCUT2D eigenvalue weighted by Crippen LogP contribution is -2.44. The summed E-state index contributed by atoms with van der Waals surface area (Å²) in [5, 5.41) is 3.13. The summed E-state index contributed by atoms with van der Waals surface area (Å²) in [5.74, 6) is 1.82. The average molecular weight is 408 g/mol. The van der Waals surface area contributed by atoms with E-state index in [0.717, 1.165) is 37.6 Å². The van der Waals surface area contributed by atoms with E-state index < -0.39 is 5.82 Å². The average Bonchev–Trinajstić information content (AvgIpc) is 2.77. The van der Waals surface area contributed by atoms with Crippen LogP contribution in [0.25, 0.3) is 0 Å². The van der Waals surface area contributed by atoms with E-state index in [1.165, 1.54) is 13.2 Å². The molecule has 1 aliphatic rings. The standard InChI is InChI=1S/C23H25FN4O2/c1-27-10-12-28(13-11-27)18-4-3-5-19(15-18)30-20-7-9-23(25-16-20)26-17-6-8-21(24)22(14-17)29-2/h3-9,14-16H,10-13H2,1-2H3,(H,25,26). The lowest BCUT2D eigenvalue weighted by Gasteiger charge is -2.34. The molecule has 1 fully saturated rings. The quantitative estimate of drug-likeness (QED) is 0.647. The fraction of sp³-hybridized carbons (Fsp3) is 0.261. The second-order valence-corrected chi connectivity index (χ2v) is 7.24. The molecule has 0 aliphatic carbocycles. The van der Waals surface area contributed by atoms with Crippen molar-refractivity contribution in [2.75, 3.05) is 50.6 Å². The van der Waals surface area contributed by atoms with E-state index in [2.05, 4.69) is 39.3 Å². The summed E-state index contributed by atoms with van der Waals surface area (Å²) in [7, 11) is 3.58. The number of ether oxygens (including phenoxy) is 2. The first kappa shape index (κ1) is 20.0. The van der Waals surface area contributed by atoms with Crippen LogP contribution in [0.5, 0.6) is 17.2 Å². The van der Waals surface area contributed by atoms with Crippen LogP contribution in [-0.4, -0.2) is 50.2 Å². The van der Waals surface area contributed by atoms with E-state index in [1.54, 1.807) is 18.3 Å². The molecule has 2 heterocycles. The number of benzene rings is 2. The van der Waals surface area contributed by atoms with Gasteiger partial charge in [0, 0.05) is 49.7 Å². The van der Waals surface area contributed by atoms with Gasteiger partial charge in [0.1, 0.15) is 17.3 Å². The van der Waals surface area contributed by atoms with Crippen molar-refractivity contribution in [2.45, 2.75) is 0 Å². The van der Waals surface area contributed by atoms with Gasteiger partial charge in [-0.3, -0.25) is 0 Å². The summed E-state index contributed by atoms with van der Waals surface area (Å²) in [4.78, 5) is 9.09. The zero-order chi connectivity index (χ0) is 20.9. The topological polar surface area (TPSA) is 49.9 Å². The van der Waals surface area contributed by atoms with Crippen LogP contribution in [0.15, 0.2) is 60.8 Å². The number of nitrogens with zero attached hydrogens (tertiary/aromatic N) is 3. The Balaban J connectivity index is 1.41. The van der Waals surface area contributed by atoms with Crippen LogP contribution in [0.3, 0.4) is 0 Å². The maximum atomic E-state index is 13.5. The van der Waals surface area contributed by atoms with Gasteiger partial charge in [0.2, 0.25) is 0 Å². The number of methoxy groups -OCH3 is 1. The fourth-order valence-corrected chi connectivity index (χ4v) is 3.34. The van der Waals surface area contributed by atoms with Crippen molar-refractivity contribution in [2.24, 2.45) is 0 Å². The fourth-order valence-electron chi connectivity index (χ4n) is 3.34. The Hall–Kier alpha value is -3.32. The molecule has 7 heteroatoms. The van der Waals surface area contributed by atoms with Crippen LogP contribution in [0.4, 0.5) is 21.6 Å². The summed E-state index contributed by atoms with van der Waals surface area (Å²) in [5.41, 5.74) is 1.85. The highest BCUT2D eigenvalue weighted by atomic mass is 19.1. The van der Waals surface area contributed by atoms with E-state index in [9.17, 15) is 4.39 Å². The molecule has 0 spiro atoms. The lowest BCUT2D eigenvalue weighted by atomic mass is 10.2. The molecule has 6 nitrogen and oxygen atoms in total. The van der Waals surface area contributed by atoms with Crippen molar-refractivity contribution in [1.82, 2.24) is 9.88 Å². The zero-order valence-corrected chi connectivity index (χ0v) is 17.1. The Morgan fingerprint density at radius 3 is 2.53 bits per heavy atom. The highest BCUT2D eigenvalue weighted by molar-refractivity contribution is 5.59. The molecular formula is C23H25FN4O2. The zero-order valence-electron chi connectivity index (χ0n) is 17.1. The van der Waals surface area contributed by atoms with Crippen molar-refractivity contribution in [1.29, 1.82) is 0 Å². The summed E-state index contributed by atoms with van der Waals surface area (Å²) in [6, 6.07) is 16.4. The summed E-state index contributed by atoms with van der Waals surface area (Å²) in [6.07, 6.45) is 1.66. The van der Waals surface area contributed by atoms with Crippen LogP contribution in [0.2, 0.25) is 0 Å². The second kappa shape index (κ2) is 9.00. The number of hydrogen-bond acceptors (Lipinski definition) is 6. The Labute approximate surface area is 175 Å². The Kier molecular flexibility index (Phi) is 5.99. The van der Waals surface area contributed by atoms with Gasteiger partial charge in [-0.1, -0.05) is 6.07 Å². The van der Waals surface area contributed by atoms with Gasteiger partial charge < -0.3 is 24.6 Å².